The molecule has 0 saturated heterocycles. The Morgan fingerprint density at radius 2 is 1.63 bits per heavy atom. The molecular formula is C21H16ClN3O2. The first-order valence-corrected chi connectivity index (χ1v) is 8.72. The molecule has 6 heteroatoms. The third kappa shape index (κ3) is 3.43. The van der Waals surface area contributed by atoms with Gasteiger partial charge in [-0.2, -0.15) is 0 Å². The zero-order valence-corrected chi connectivity index (χ0v) is 14.9. The number of nitrogens with zero attached hydrogens (tertiary/aromatic N) is 1. The third-order valence-electron chi connectivity index (χ3n) is 4.45. The number of fused-ring (bicyclic) bond motifs is 1. The molecule has 4 aromatic rings. The van der Waals surface area contributed by atoms with Crippen LogP contribution < -0.4 is 5.73 Å². The predicted octanol–water partition coefficient (Wildman–Crippen LogP) is 4.06. The molecule has 1 atom stereocenters. The van der Waals surface area contributed by atoms with Gasteiger partial charge in [0.1, 0.15) is 11.9 Å². The summed E-state index contributed by atoms with van der Waals surface area (Å²) in [4.78, 5) is 19.1. The molecular weight excluding hydrogens is 362 g/mol. The number of aliphatic hydroxyl groups is 1. The number of aromatic nitrogens is 2. The van der Waals surface area contributed by atoms with Crippen LogP contribution >= 0.6 is 11.6 Å². The normalized spacial score (nSPS) is 12.2. The number of nitrogens with one attached hydrogen (secondary N) is 1. The molecule has 0 radical (unpaired) electrons. The van der Waals surface area contributed by atoms with Crippen molar-refractivity contribution in [2.75, 3.05) is 0 Å². The summed E-state index contributed by atoms with van der Waals surface area (Å²) in [6, 6.07) is 19.7. The third-order valence-corrected chi connectivity index (χ3v) is 4.71. The highest BCUT2D eigenvalue weighted by Gasteiger charge is 2.12. The van der Waals surface area contributed by atoms with Crippen molar-refractivity contribution in [3.05, 3.63) is 88.4 Å². The minimum atomic E-state index is -0.731. The minimum Gasteiger partial charge on any atom is -0.384 e. The number of aliphatic hydroxyl groups excluding tert-OH is 1. The first kappa shape index (κ1) is 17.3. The van der Waals surface area contributed by atoms with Crippen molar-refractivity contribution >= 4 is 28.5 Å². The van der Waals surface area contributed by atoms with E-state index in [0.717, 1.165) is 22.2 Å². The number of hydrogen-bond donors (Lipinski definition) is 3. The van der Waals surface area contributed by atoms with Gasteiger partial charge in [-0.25, -0.2) is 4.98 Å². The summed E-state index contributed by atoms with van der Waals surface area (Å²) in [5.74, 6) is 0.196. The Bertz CT molecular complexity index is 1120. The summed E-state index contributed by atoms with van der Waals surface area (Å²) in [6.07, 6.45) is -0.731. The van der Waals surface area contributed by atoms with Crippen LogP contribution in [0.15, 0.2) is 66.7 Å². The minimum absolute atomic E-state index is 0.419. The number of carbonyl (C=O) groups excluding carboxylic acids is 1. The molecule has 5 nitrogen and oxygen atoms in total. The molecule has 27 heavy (non-hydrogen) atoms. The number of amides is 1. The van der Waals surface area contributed by atoms with Gasteiger partial charge in [-0.15, -0.1) is 0 Å². The van der Waals surface area contributed by atoms with Gasteiger partial charge in [0.15, 0.2) is 0 Å². The fourth-order valence-corrected chi connectivity index (χ4v) is 3.08. The van der Waals surface area contributed by atoms with Gasteiger partial charge in [0.25, 0.3) is 0 Å². The molecule has 0 fully saturated rings. The lowest BCUT2D eigenvalue weighted by Crippen LogP contribution is -2.10. The maximum Gasteiger partial charge on any atom is 0.248 e. The van der Waals surface area contributed by atoms with Crippen molar-refractivity contribution in [3.63, 3.8) is 0 Å². The summed E-state index contributed by atoms with van der Waals surface area (Å²) in [5, 5.41) is 11.2. The lowest BCUT2D eigenvalue weighted by Gasteiger charge is -2.12. The van der Waals surface area contributed by atoms with Crippen molar-refractivity contribution in [1.29, 1.82) is 0 Å². The van der Waals surface area contributed by atoms with Crippen molar-refractivity contribution < 1.29 is 9.90 Å². The van der Waals surface area contributed by atoms with Gasteiger partial charge in [0.05, 0.1) is 11.0 Å². The summed E-state index contributed by atoms with van der Waals surface area (Å²) in [7, 11) is 0. The Labute approximate surface area is 160 Å². The summed E-state index contributed by atoms with van der Waals surface area (Å²) in [6.45, 7) is 0. The highest BCUT2D eigenvalue weighted by molar-refractivity contribution is 6.30. The maximum absolute atomic E-state index is 11.3. The van der Waals surface area contributed by atoms with E-state index >= 15 is 0 Å². The predicted molar refractivity (Wildman–Crippen MR) is 106 cm³/mol. The number of imidazole rings is 1. The molecule has 1 heterocycles. The Morgan fingerprint density at radius 1 is 1.00 bits per heavy atom. The summed E-state index contributed by atoms with van der Waals surface area (Å²) >= 11 is 5.89. The van der Waals surface area contributed by atoms with Crippen molar-refractivity contribution in [1.82, 2.24) is 9.97 Å². The highest BCUT2D eigenvalue weighted by Crippen LogP contribution is 2.26. The molecule has 0 aliphatic heterocycles. The zero-order chi connectivity index (χ0) is 19.0. The van der Waals surface area contributed by atoms with E-state index in [9.17, 15) is 9.90 Å². The average Bonchev–Trinajstić information content (AvgIpc) is 3.11. The Morgan fingerprint density at radius 3 is 2.26 bits per heavy atom. The second-order valence-electron chi connectivity index (χ2n) is 6.26. The fraction of sp³-hybridized carbons (Fsp3) is 0.0476. The quantitative estimate of drug-likeness (QED) is 0.500. The molecule has 1 unspecified atom stereocenters. The van der Waals surface area contributed by atoms with Crippen molar-refractivity contribution in [3.8, 4) is 11.4 Å². The van der Waals surface area contributed by atoms with Crippen LogP contribution in [0.25, 0.3) is 22.4 Å². The molecule has 0 aliphatic rings. The molecule has 0 aliphatic carbocycles. The Balaban J connectivity index is 1.62. The van der Waals surface area contributed by atoms with Gasteiger partial charge in [0.2, 0.25) is 5.91 Å². The molecule has 1 amide bonds. The second-order valence-corrected chi connectivity index (χ2v) is 6.69. The first-order chi connectivity index (χ1) is 13.0. The topological polar surface area (TPSA) is 92.0 Å². The van der Waals surface area contributed by atoms with Gasteiger partial charge in [0, 0.05) is 16.1 Å². The molecule has 1 aromatic heterocycles. The molecule has 4 rings (SSSR count). The van der Waals surface area contributed by atoms with Crippen LogP contribution in [0.4, 0.5) is 0 Å². The number of carbonyl (C=O) groups is 1. The molecule has 4 N–H and O–H groups in total. The number of aromatic amines is 1. The van der Waals surface area contributed by atoms with Crippen LogP contribution in [0, 0.1) is 0 Å². The highest BCUT2D eigenvalue weighted by atomic mass is 35.5. The molecule has 0 spiro atoms. The summed E-state index contributed by atoms with van der Waals surface area (Å²) in [5.41, 5.74) is 9.65. The molecule has 0 saturated carbocycles. The first-order valence-electron chi connectivity index (χ1n) is 8.35. The van der Waals surface area contributed by atoms with Gasteiger partial charge >= 0.3 is 0 Å². The van der Waals surface area contributed by atoms with Crippen molar-refractivity contribution in [2.24, 2.45) is 5.73 Å². The van der Waals surface area contributed by atoms with Crippen LogP contribution in [0.5, 0.6) is 0 Å². The van der Waals surface area contributed by atoms with Gasteiger partial charge in [-0.3, -0.25) is 4.79 Å². The van der Waals surface area contributed by atoms with E-state index in [4.69, 9.17) is 17.3 Å². The van der Waals surface area contributed by atoms with Gasteiger partial charge in [-0.1, -0.05) is 48.0 Å². The lowest BCUT2D eigenvalue weighted by molar-refractivity contribution is 0.100. The number of rotatable bonds is 4. The van der Waals surface area contributed by atoms with E-state index in [-0.39, 0.29) is 0 Å². The lowest BCUT2D eigenvalue weighted by atomic mass is 10.0. The summed E-state index contributed by atoms with van der Waals surface area (Å²) < 4.78 is 0. The molecule has 3 aromatic carbocycles. The van der Waals surface area contributed by atoms with Gasteiger partial charge < -0.3 is 15.8 Å². The smallest absolute Gasteiger partial charge is 0.248 e. The van der Waals surface area contributed by atoms with E-state index in [1.54, 1.807) is 42.5 Å². The Hall–Kier alpha value is -3.15. The second kappa shape index (κ2) is 6.87. The van der Waals surface area contributed by atoms with Crippen LogP contribution in [0.2, 0.25) is 5.02 Å². The number of benzene rings is 3. The standard InChI is InChI=1S/C21H16ClN3O2/c22-16-8-5-13(6-9-16)19(26)12-1-3-14(4-2-12)21-24-17-10-7-15(20(23)27)11-18(17)25-21/h1-11,19,26H,(H2,23,27)(H,24,25). The van der Waals surface area contributed by atoms with Crippen LogP contribution in [-0.2, 0) is 0 Å². The van der Waals surface area contributed by atoms with E-state index in [0.29, 0.717) is 21.9 Å². The molecule has 0 bridgehead atoms. The van der Waals surface area contributed by atoms with E-state index in [1.807, 2.05) is 24.3 Å². The van der Waals surface area contributed by atoms with E-state index in [2.05, 4.69) is 9.97 Å². The fourth-order valence-electron chi connectivity index (χ4n) is 2.96. The van der Waals surface area contributed by atoms with Gasteiger partial charge in [-0.05, 0) is 41.5 Å². The zero-order valence-electron chi connectivity index (χ0n) is 14.2. The number of nitrogens with two attached hydrogens (primary N) is 1. The van der Waals surface area contributed by atoms with Crippen LogP contribution in [0.1, 0.15) is 27.6 Å². The number of primary amides is 1. The SMILES string of the molecule is NC(=O)c1ccc2[nH]c(-c3ccc(C(O)c4ccc(Cl)cc4)cc3)nc2c1. The number of H-pyrrole nitrogens is 1. The largest absolute Gasteiger partial charge is 0.384 e. The maximum atomic E-state index is 11.3. The number of halogens is 1. The van der Waals surface area contributed by atoms with Crippen molar-refractivity contribution in [2.45, 2.75) is 6.10 Å². The van der Waals surface area contributed by atoms with E-state index in [1.165, 1.54) is 0 Å². The van der Waals surface area contributed by atoms with E-state index < -0.39 is 12.0 Å². The van der Waals surface area contributed by atoms with Crippen LogP contribution in [0.3, 0.4) is 0 Å². The van der Waals surface area contributed by atoms with Crippen LogP contribution in [-0.4, -0.2) is 21.0 Å². The Kier molecular flexibility index (Phi) is 4.39. The monoisotopic (exact) mass is 377 g/mol. The number of hydrogen-bond acceptors (Lipinski definition) is 3. The molecule has 134 valence electrons. The average molecular weight is 378 g/mol.